The number of hydrogen-bond donors (Lipinski definition) is 2. The Labute approximate surface area is 109 Å². The Hall–Kier alpha value is -1.92. The molecule has 2 rings (SSSR count). The van der Waals surface area contributed by atoms with Gasteiger partial charge in [0.05, 0.1) is 0 Å². The molecule has 5 nitrogen and oxygen atoms in total. The number of carbonyl (C=O) groups is 2. The first kappa shape index (κ1) is 13.5. The molecule has 0 aromatic carbocycles. The SMILES string of the molecule is Cc1ccc(C(=O)NC2CCCNC2=O)n1C(F)F. The van der Waals surface area contributed by atoms with Gasteiger partial charge in [0.2, 0.25) is 5.91 Å². The highest BCUT2D eigenvalue weighted by Gasteiger charge is 2.26. The molecule has 0 saturated carbocycles. The lowest BCUT2D eigenvalue weighted by atomic mass is 10.1. The van der Waals surface area contributed by atoms with Crippen LogP contribution in [0.1, 0.15) is 35.6 Å². The summed E-state index contributed by atoms with van der Waals surface area (Å²) in [6.07, 6.45) is 1.28. The van der Waals surface area contributed by atoms with E-state index in [9.17, 15) is 18.4 Å². The summed E-state index contributed by atoms with van der Waals surface area (Å²) in [7, 11) is 0. The van der Waals surface area contributed by atoms with Crippen molar-refractivity contribution in [2.24, 2.45) is 0 Å². The summed E-state index contributed by atoms with van der Waals surface area (Å²) < 4.78 is 26.3. The van der Waals surface area contributed by atoms with Crippen molar-refractivity contribution in [1.82, 2.24) is 15.2 Å². The molecule has 19 heavy (non-hydrogen) atoms. The van der Waals surface area contributed by atoms with E-state index in [0.717, 1.165) is 6.42 Å². The van der Waals surface area contributed by atoms with Crippen LogP contribution in [-0.2, 0) is 4.79 Å². The number of halogens is 2. The van der Waals surface area contributed by atoms with Crippen molar-refractivity contribution in [2.75, 3.05) is 6.54 Å². The number of nitrogens with zero attached hydrogens (tertiary/aromatic N) is 1. The molecule has 1 fully saturated rings. The Morgan fingerprint density at radius 2 is 2.26 bits per heavy atom. The van der Waals surface area contributed by atoms with Crippen LogP contribution in [0.3, 0.4) is 0 Å². The van der Waals surface area contributed by atoms with E-state index in [0.29, 0.717) is 23.2 Å². The minimum absolute atomic E-state index is 0.133. The summed E-state index contributed by atoms with van der Waals surface area (Å²) in [5.41, 5.74) is 0.166. The van der Waals surface area contributed by atoms with Crippen molar-refractivity contribution < 1.29 is 18.4 Å². The first-order valence-electron chi connectivity index (χ1n) is 6.05. The van der Waals surface area contributed by atoms with Gasteiger partial charge in [-0.25, -0.2) is 0 Å². The third kappa shape index (κ3) is 2.74. The average molecular weight is 271 g/mol. The van der Waals surface area contributed by atoms with Crippen molar-refractivity contribution in [3.63, 3.8) is 0 Å². The lowest BCUT2D eigenvalue weighted by molar-refractivity contribution is -0.124. The second kappa shape index (κ2) is 5.38. The van der Waals surface area contributed by atoms with E-state index >= 15 is 0 Å². The Bertz CT molecular complexity index is 499. The molecule has 1 saturated heterocycles. The number of amides is 2. The third-order valence-electron chi connectivity index (χ3n) is 3.14. The number of alkyl halides is 2. The van der Waals surface area contributed by atoms with Gasteiger partial charge in [-0.15, -0.1) is 0 Å². The molecule has 1 unspecified atom stereocenters. The minimum atomic E-state index is -2.78. The topological polar surface area (TPSA) is 63.1 Å². The number of piperidine rings is 1. The van der Waals surface area contributed by atoms with Crippen LogP contribution in [-0.4, -0.2) is 29.0 Å². The second-order valence-corrected chi connectivity index (χ2v) is 4.47. The van der Waals surface area contributed by atoms with Crippen molar-refractivity contribution in [2.45, 2.75) is 32.4 Å². The minimum Gasteiger partial charge on any atom is -0.354 e. The quantitative estimate of drug-likeness (QED) is 0.867. The highest BCUT2D eigenvalue weighted by Crippen LogP contribution is 2.19. The second-order valence-electron chi connectivity index (χ2n) is 4.47. The monoisotopic (exact) mass is 271 g/mol. The van der Waals surface area contributed by atoms with Crippen LogP contribution >= 0.6 is 0 Å². The van der Waals surface area contributed by atoms with Crippen molar-refractivity contribution in [1.29, 1.82) is 0 Å². The zero-order chi connectivity index (χ0) is 14.0. The fourth-order valence-corrected chi connectivity index (χ4v) is 2.14. The van der Waals surface area contributed by atoms with E-state index in [-0.39, 0.29) is 11.6 Å². The lowest BCUT2D eigenvalue weighted by Crippen LogP contribution is -2.50. The fraction of sp³-hybridized carbons (Fsp3) is 0.500. The summed E-state index contributed by atoms with van der Waals surface area (Å²) in [6, 6.07) is 2.13. The smallest absolute Gasteiger partial charge is 0.319 e. The van der Waals surface area contributed by atoms with E-state index in [1.54, 1.807) is 0 Å². The molecule has 104 valence electrons. The van der Waals surface area contributed by atoms with Gasteiger partial charge < -0.3 is 10.6 Å². The van der Waals surface area contributed by atoms with E-state index in [2.05, 4.69) is 10.6 Å². The van der Waals surface area contributed by atoms with Gasteiger partial charge in [0.1, 0.15) is 11.7 Å². The normalized spacial score (nSPS) is 19.4. The maximum Gasteiger partial charge on any atom is 0.319 e. The maximum absolute atomic E-state index is 12.8. The molecular weight excluding hydrogens is 256 g/mol. The highest BCUT2D eigenvalue weighted by molar-refractivity contribution is 5.96. The van der Waals surface area contributed by atoms with Crippen LogP contribution in [0.2, 0.25) is 0 Å². The van der Waals surface area contributed by atoms with Gasteiger partial charge in [0, 0.05) is 12.2 Å². The zero-order valence-electron chi connectivity index (χ0n) is 10.5. The van der Waals surface area contributed by atoms with Crippen LogP contribution < -0.4 is 10.6 Å². The van der Waals surface area contributed by atoms with Gasteiger partial charge in [0.25, 0.3) is 5.91 Å². The zero-order valence-corrected chi connectivity index (χ0v) is 10.5. The van der Waals surface area contributed by atoms with E-state index in [1.165, 1.54) is 19.1 Å². The molecule has 7 heteroatoms. The van der Waals surface area contributed by atoms with Gasteiger partial charge >= 0.3 is 6.55 Å². The van der Waals surface area contributed by atoms with Crippen LogP contribution in [0.5, 0.6) is 0 Å². The van der Waals surface area contributed by atoms with Gasteiger partial charge in [0.15, 0.2) is 0 Å². The van der Waals surface area contributed by atoms with Crippen molar-refractivity contribution >= 4 is 11.8 Å². The molecule has 2 amide bonds. The number of hydrogen-bond acceptors (Lipinski definition) is 2. The van der Waals surface area contributed by atoms with Crippen LogP contribution in [0, 0.1) is 6.92 Å². The van der Waals surface area contributed by atoms with Crippen LogP contribution in [0.15, 0.2) is 12.1 Å². The number of aromatic nitrogens is 1. The molecule has 0 aliphatic carbocycles. The highest BCUT2D eigenvalue weighted by atomic mass is 19.3. The summed E-state index contributed by atoms with van der Waals surface area (Å²) in [5.74, 6) is -0.929. The standard InChI is InChI=1S/C12H15F2N3O2/c1-7-4-5-9(17(7)12(13)14)11(19)16-8-3-2-6-15-10(8)18/h4-5,8,12H,2-3,6H2,1H3,(H,15,18)(H,16,19). The Balaban J connectivity index is 2.14. The maximum atomic E-state index is 12.8. The largest absolute Gasteiger partial charge is 0.354 e. The lowest BCUT2D eigenvalue weighted by Gasteiger charge is -2.23. The van der Waals surface area contributed by atoms with Crippen LogP contribution in [0.4, 0.5) is 8.78 Å². The van der Waals surface area contributed by atoms with E-state index < -0.39 is 18.5 Å². The predicted molar refractivity (Wildman–Crippen MR) is 63.9 cm³/mol. The summed E-state index contributed by atoms with van der Waals surface area (Å²) in [6.45, 7) is -0.704. The molecule has 1 aromatic rings. The molecule has 1 atom stereocenters. The summed E-state index contributed by atoms with van der Waals surface area (Å²) in [5, 5.41) is 5.11. The van der Waals surface area contributed by atoms with E-state index in [1.807, 2.05) is 0 Å². The molecular formula is C12H15F2N3O2. The molecule has 0 bridgehead atoms. The summed E-state index contributed by atoms with van der Waals surface area (Å²) in [4.78, 5) is 23.5. The molecule has 0 spiro atoms. The number of nitrogens with one attached hydrogen (secondary N) is 2. The van der Waals surface area contributed by atoms with Gasteiger partial charge in [-0.3, -0.25) is 14.2 Å². The molecule has 2 heterocycles. The first-order valence-corrected chi connectivity index (χ1v) is 6.05. The predicted octanol–water partition coefficient (Wildman–Crippen LogP) is 1.20. The van der Waals surface area contributed by atoms with Crippen LogP contribution in [0.25, 0.3) is 0 Å². The first-order chi connectivity index (χ1) is 9.00. The molecule has 1 aliphatic rings. The number of carbonyl (C=O) groups excluding carboxylic acids is 2. The van der Waals surface area contributed by atoms with Gasteiger partial charge in [-0.1, -0.05) is 0 Å². The van der Waals surface area contributed by atoms with Crippen molar-refractivity contribution in [3.8, 4) is 0 Å². The molecule has 1 aromatic heterocycles. The molecule has 2 N–H and O–H groups in total. The molecule has 1 aliphatic heterocycles. The Kier molecular flexibility index (Phi) is 3.82. The van der Waals surface area contributed by atoms with Gasteiger partial charge in [-0.2, -0.15) is 8.78 Å². The van der Waals surface area contributed by atoms with E-state index in [4.69, 9.17) is 0 Å². The number of aryl methyl sites for hydroxylation is 1. The average Bonchev–Trinajstić information content (AvgIpc) is 2.74. The third-order valence-corrected chi connectivity index (χ3v) is 3.14. The van der Waals surface area contributed by atoms with Crippen molar-refractivity contribution in [3.05, 3.63) is 23.5 Å². The Morgan fingerprint density at radius 1 is 1.53 bits per heavy atom. The number of rotatable bonds is 3. The van der Waals surface area contributed by atoms with Gasteiger partial charge in [-0.05, 0) is 31.9 Å². The Morgan fingerprint density at radius 3 is 2.89 bits per heavy atom. The molecule has 0 radical (unpaired) electrons. The fourth-order valence-electron chi connectivity index (χ4n) is 2.14. The summed E-state index contributed by atoms with van der Waals surface area (Å²) >= 11 is 0.